The molecule has 128 valence electrons. The Morgan fingerprint density at radius 3 is 2.00 bits per heavy atom. The molecule has 1 spiro atoms. The highest BCUT2D eigenvalue weighted by Gasteiger charge is 2.54. The van der Waals surface area contributed by atoms with Crippen molar-refractivity contribution in [3.63, 3.8) is 0 Å². The van der Waals surface area contributed by atoms with Gasteiger partial charge in [-0.3, -0.25) is 4.79 Å². The van der Waals surface area contributed by atoms with Crippen LogP contribution in [0.5, 0.6) is 28.7 Å². The van der Waals surface area contributed by atoms with Gasteiger partial charge in [-0.2, -0.15) is 0 Å². The fraction of sp³-hybridized carbons (Fsp3) is 0.0500. The summed E-state index contributed by atoms with van der Waals surface area (Å²) in [7, 11) is 0. The molecular formula is C20H13NO5. The van der Waals surface area contributed by atoms with Gasteiger partial charge in [0.15, 0.2) is 5.60 Å². The molecule has 5 rings (SSSR count). The molecule has 0 saturated heterocycles. The number of hydrogen-bond donors (Lipinski definition) is 3. The minimum Gasteiger partial charge on any atom is -0.508 e. The third-order valence-electron chi connectivity index (χ3n) is 4.82. The summed E-state index contributed by atoms with van der Waals surface area (Å²) in [6.45, 7) is 0. The van der Waals surface area contributed by atoms with Crippen LogP contribution in [0.25, 0.3) is 0 Å². The van der Waals surface area contributed by atoms with E-state index in [1.807, 2.05) is 0 Å². The number of carbonyl (C=O) groups excluding carboxylic acids is 1. The van der Waals surface area contributed by atoms with Gasteiger partial charge in [0, 0.05) is 34.4 Å². The summed E-state index contributed by atoms with van der Waals surface area (Å²) in [6.07, 6.45) is 0. The number of carbonyl (C=O) groups is 1. The van der Waals surface area contributed by atoms with E-state index >= 15 is 0 Å². The van der Waals surface area contributed by atoms with Gasteiger partial charge in [0.05, 0.1) is 0 Å². The molecule has 1 amide bonds. The summed E-state index contributed by atoms with van der Waals surface area (Å²) in [4.78, 5) is 11.6. The topological polar surface area (TPSA) is 102 Å². The fourth-order valence-electron chi connectivity index (χ4n) is 3.66. The van der Waals surface area contributed by atoms with Crippen molar-refractivity contribution in [1.29, 1.82) is 0 Å². The first-order chi connectivity index (χ1) is 12.5. The molecule has 4 N–H and O–H groups in total. The third-order valence-corrected chi connectivity index (χ3v) is 4.82. The molecule has 0 bridgehead atoms. The van der Waals surface area contributed by atoms with Crippen LogP contribution < -0.4 is 15.2 Å². The number of amides is 1. The fourth-order valence-corrected chi connectivity index (χ4v) is 3.66. The maximum atomic E-state index is 11.6. The Balaban J connectivity index is 1.83. The molecule has 0 aromatic heterocycles. The molecule has 0 aliphatic carbocycles. The third kappa shape index (κ3) is 1.73. The SMILES string of the molecule is NC(=O)c1ccc2c(c1)C1(O2)c2ccc(O)cc2Oc2cc(O)ccc21. The average Bonchev–Trinajstić information content (AvgIpc) is 2.59. The van der Waals surface area contributed by atoms with Crippen LogP contribution in [0.1, 0.15) is 27.0 Å². The van der Waals surface area contributed by atoms with Crippen LogP contribution in [0.3, 0.4) is 0 Å². The van der Waals surface area contributed by atoms with Gasteiger partial charge in [0.1, 0.15) is 28.7 Å². The lowest BCUT2D eigenvalue weighted by Crippen LogP contribution is -2.45. The standard InChI is InChI=1S/C20H13NO5/c21-19(24)10-1-6-16-15(7-10)20(26-16)13-4-2-11(22)8-17(13)25-18-9-12(23)3-5-14(18)20/h1-9,22-23H,(H2,21,24). The van der Waals surface area contributed by atoms with Crippen molar-refractivity contribution in [2.24, 2.45) is 5.73 Å². The van der Waals surface area contributed by atoms with Crippen LogP contribution >= 0.6 is 0 Å². The van der Waals surface area contributed by atoms with Crippen molar-refractivity contribution in [2.75, 3.05) is 0 Å². The van der Waals surface area contributed by atoms with E-state index in [2.05, 4.69) is 0 Å². The second-order valence-electron chi connectivity index (χ2n) is 6.32. The maximum absolute atomic E-state index is 11.6. The monoisotopic (exact) mass is 347 g/mol. The Morgan fingerprint density at radius 2 is 1.42 bits per heavy atom. The predicted octanol–water partition coefficient (Wildman–Crippen LogP) is 2.99. The zero-order valence-corrected chi connectivity index (χ0v) is 13.4. The largest absolute Gasteiger partial charge is 0.508 e. The number of ether oxygens (including phenoxy) is 2. The molecule has 0 fully saturated rings. The van der Waals surface area contributed by atoms with Crippen molar-refractivity contribution in [3.05, 3.63) is 76.9 Å². The summed E-state index contributed by atoms with van der Waals surface area (Å²) in [5.41, 5.74) is 6.98. The molecule has 0 saturated carbocycles. The molecule has 2 aliphatic rings. The van der Waals surface area contributed by atoms with Crippen LogP contribution in [-0.2, 0) is 5.60 Å². The van der Waals surface area contributed by atoms with Crippen molar-refractivity contribution < 1.29 is 24.5 Å². The van der Waals surface area contributed by atoms with Crippen molar-refractivity contribution in [1.82, 2.24) is 0 Å². The van der Waals surface area contributed by atoms with Crippen molar-refractivity contribution in [2.45, 2.75) is 5.60 Å². The number of phenolic OH excluding ortho intramolecular Hbond substituents is 2. The van der Waals surface area contributed by atoms with Gasteiger partial charge in [-0.25, -0.2) is 0 Å². The number of rotatable bonds is 1. The molecule has 0 radical (unpaired) electrons. The van der Waals surface area contributed by atoms with E-state index in [-0.39, 0.29) is 11.5 Å². The van der Waals surface area contributed by atoms with Crippen LogP contribution in [0.2, 0.25) is 0 Å². The lowest BCUT2D eigenvalue weighted by molar-refractivity contribution is 0.0843. The Morgan fingerprint density at radius 1 is 0.808 bits per heavy atom. The Hall–Kier alpha value is -3.67. The van der Waals surface area contributed by atoms with E-state index in [0.717, 1.165) is 5.56 Å². The number of hydrogen-bond acceptors (Lipinski definition) is 5. The van der Waals surface area contributed by atoms with Gasteiger partial charge in [0.25, 0.3) is 0 Å². The number of nitrogens with two attached hydrogens (primary N) is 1. The molecule has 6 heteroatoms. The van der Waals surface area contributed by atoms with Gasteiger partial charge >= 0.3 is 0 Å². The van der Waals surface area contributed by atoms with E-state index in [1.54, 1.807) is 42.5 Å². The minimum absolute atomic E-state index is 0.0490. The van der Waals surface area contributed by atoms with E-state index in [4.69, 9.17) is 15.2 Å². The summed E-state index contributed by atoms with van der Waals surface area (Å²) in [5.74, 6) is 1.03. The Bertz CT molecular complexity index is 1050. The van der Waals surface area contributed by atoms with E-state index in [0.29, 0.717) is 33.9 Å². The first-order valence-corrected chi connectivity index (χ1v) is 7.97. The van der Waals surface area contributed by atoms with Gasteiger partial charge in [0.2, 0.25) is 5.91 Å². The zero-order chi connectivity index (χ0) is 18.1. The number of aromatic hydroxyl groups is 2. The molecule has 2 heterocycles. The van der Waals surface area contributed by atoms with E-state index in [1.165, 1.54) is 12.1 Å². The van der Waals surface area contributed by atoms with E-state index < -0.39 is 11.5 Å². The summed E-state index contributed by atoms with van der Waals surface area (Å²) in [5, 5.41) is 19.7. The smallest absolute Gasteiger partial charge is 0.248 e. The number of fused-ring (bicyclic) bond motifs is 6. The molecule has 0 unspecified atom stereocenters. The minimum atomic E-state index is -0.995. The second kappa shape index (κ2) is 4.70. The first-order valence-electron chi connectivity index (χ1n) is 7.97. The molecule has 26 heavy (non-hydrogen) atoms. The van der Waals surface area contributed by atoms with Gasteiger partial charge in [-0.05, 0) is 42.5 Å². The van der Waals surface area contributed by atoms with Crippen molar-refractivity contribution >= 4 is 5.91 Å². The zero-order valence-electron chi connectivity index (χ0n) is 13.4. The van der Waals surface area contributed by atoms with Gasteiger partial charge in [-0.15, -0.1) is 0 Å². The normalized spacial score (nSPS) is 14.9. The van der Waals surface area contributed by atoms with Crippen molar-refractivity contribution in [3.8, 4) is 28.7 Å². The summed E-state index contributed by atoms with van der Waals surface area (Å²) < 4.78 is 12.1. The lowest BCUT2D eigenvalue weighted by Gasteiger charge is -2.47. The number of phenols is 2. The number of benzene rings is 3. The quantitative estimate of drug-likeness (QED) is 0.628. The maximum Gasteiger partial charge on any atom is 0.248 e. The average molecular weight is 347 g/mol. The van der Waals surface area contributed by atoms with Crippen LogP contribution in [0, 0.1) is 0 Å². The van der Waals surface area contributed by atoms with E-state index in [9.17, 15) is 15.0 Å². The Labute approximate surface area is 148 Å². The predicted molar refractivity (Wildman–Crippen MR) is 91.8 cm³/mol. The molecule has 2 aliphatic heterocycles. The molecule has 6 nitrogen and oxygen atoms in total. The van der Waals surface area contributed by atoms with Crippen LogP contribution in [-0.4, -0.2) is 16.1 Å². The lowest BCUT2D eigenvalue weighted by atomic mass is 9.73. The molecule has 0 atom stereocenters. The highest BCUT2D eigenvalue weighted by molar-refractivity contribution is 5.93. The van der Waals surface area contributed by atoms with Gasteiger partial charge < -0.3 is 25.4 Å². The molecular weight excluding hydrogens is 334 g/mol. The first kappa shape index (κ1) is 14.7. The second-order valence-corrected chi connectivity index (χ2v) is 6.32. The Kier molecular flexibility index (Phi) is 2.65. The van der Waals surface area contributed by atoms with Gasteiger partial charge in [-0.1, -0.05) is 0 Å². The molecule has 3 aromatic carbocycles. The number of primary amides is 1. The highest BCUT2D eigenvalue weighted by atomic mass is 16.5. The molecule has 3 aromatic rings. The highest BCUT2D eigenvalue weighted by Crippen LogP contribution is 2.60. The van der Waals surface area contributed by atoms with Crippen LogP contribution in [0.4, 0.5) is 0 Å². The summed E-state index contributed by atoms with van der Waals surface area (Å²) >= 11 is 0. The van der Waals surface area contributed by atoms with Crippen LogP contribution in [0.15, 0.2) is 54.6 Å². The summed E-state index contributed by atoms with van der Waals surface area (Å²) in [6, 6.07) is 14.6.